The number of carbonyl (C=O) groups excluding carboxylic acids is 2. The first-order valence-electron chi connectivity index (χ1n) is 37.6. The van der Waals surface area contributed by atoms with Gasteiger partial charge in [0.05, 0.1) is 6.61 Å². The van der Waals surface area contributed by atoms with Crippen LogP contribution in [-0.2, 0) is 19.1 Å². The molecule has 0 aliphatic rings. The van der Waals surface area contributed by atoms with Gasteiger partial charge in [0.2, 0.25) is 0 Å². The summed E-state index contributed by atoms with van der Waals surface area (Å²) in [7, 11) is 0. The van der Waals surface area contributed by atoms with Gasteiger partial charge < -0.3 is 14.6 Å². The molecule has 1 atom stereocenters. The fourth-order valence-corrected chi connectivity index (χ4v) is 10.0. The third kappa shape index (κ3) is 76.9. The number of aliphatic hydroxyl groups is 1. The lowest BCUT2D eigenvalue weighted by atomic mass is 10.0. The minimum absolute atomic E-state index is 0.0929. The highest BCUT2D eigenvalue weighted by Crippen LogP contribution is 2.17. The van der Waals surface area contributed by atoms with Gasteiger partial charge >= 0.3 is 11.9 Å². The first-order valence-corrected chi connectivity index (χ1v) is 37.6. The summed E-state index contributed by atoms with van der Waals surface area (Å²) >= 11 is 0. The SMILES string of the molecule is CC/C=C\C/C=C\C/C=C\C/C=C\C/C=C\C/C=C\C/C=C\C/C=C\C/C=C\C/C=C\C/C=C\C/C=C\CCCCC(=O)OC(CO)COC(=O)CCCCCCCCCCCCCCCCCCCCCCCCC/C=C\C/C=C\C/C=C\C/C=C\C/C=C\CC. The molecule has 0 saturated carbocycles. The molecule has 0 aliphatic heterocycles. The predicted octanol–water partition coefficient (Wildman–Crippen LogP) is 26.9. The van der Waals surface area contributed by atoms with E-state index in [0.717, 1.165) is 141 Å². The second-order valence-corrected chi connectivity index (χ2v) is 24.3. The van der Waals surface area contributed by atoms with Crippen molar-refractivity contribution in [1.29, 1.82) is 0 Å². The maximum Gasteiger partial charge on any atom is 0.306 e. The second kappa shape index (κ2) is 79.7. The number of aliphatic hydroxyl groups excluding tert-OH is 1. The van der Waals surface area contributed by atoms with E-state index in [1.807, 2.05) is 0 Å². The molecular formula is C87H138O5. The van der Waals surface area contributed by atoms with Crippen molar-refractivity contribution in [3.05, 3.63) is 207 Å². The van der Waals surface area contributed by atoms with Gasteiger partial charge in [-0.05, 0) is 148 Å². The number of unbranched alkanes of at least 4 members (excludes halogenated alkanes) is 25. The van der Waals surface area contributed by atoms with Crippen LogP contribution in [0.5, 0.6) is 0 Å². The molecule has 5 nitrogen and oxygen atoms in total. The Morgan fingerprint density at radius 2 is 0.435 bits per heavy atom. The van der Waals surface area contributed by atoms with Gasteiger partial charge in [-0.2, -0.15) is 0 Å². The molecule has 0 aromatic heterocycles. The first-order chi connectivity index (χ1) is 45.6. The Morgan fingerprint density at radius 1 is 0.250 bits per heavy atom. The van der Waals surface area contributed by atoms with E-state index in [0.29, 0.717) is 12.8 Å². The normalized spacial score (nSPS) is 13.5. The smallest absolute Gasteiger partial charge is 0.306 e. The van der Waals surface area contributed by atoms with E-state index in [1.165, 1.54) is 135 Å². The monoisotopic (exact) mass is 1260 g/mol. The Bertz CT molecular complexity index is 2120. The number of hydrogen-bond donors (Lipinski definition) is 1. The summed E-state index contributed by atoms with van der Waals surface area (Å²) in [6.07, 6.45) is 127. The molecule has 516 valence electrons. The zero-order chi connectivity index (χ0) is 66.1. The second-order valence-electron chi connectivity index (χ2n) is 24.3. The van der Waals surface area contributed by atoms with E-state index in [2.05, 4.69) is 220 Å². The van der Waals surface area contributed by atoms with Crippen LogP contribution >= 0.6 is 0 Å². The van der Waals surface area contributed by atoms with Crippen molar-refractivity contribution in [2.45, 2.75) is 315 Å². The lowest BCUT2D eigenvalue weighted by molar-refractivity contribution is -0.161. The van der Waals surface area contributed by atoms with E-state index in [4.69, 9.17) is 9.47 Å². The Kier molecular flexibility index (Phi) is 74.9. The summed E-state index contributed by atoms with van der Waals surface area (Å²) in [6, 6.07) is 0. The number of rotatable bonds is 67. The van der Waals surface area contributed by atoms with Gasteiger partial charge in [-0.25, -0.2) is 0 Å². The molecule has 1 unspecified atom stereocenters. The number of ether oxygens (including phenoxy) is 2. The molecule has 1 N–H and O–H groups in total. The van der Waals surface area contributed by atoms with Crippen molar-refractivity contribution in [3.63, 3.8) is 0 Å². The number of carbonyl (C=O) groups is 2. The molecule has 0 fully saturated rings. The molecule has 5 heteroatoms. The molecular weight excluding hydrogens is 1120 g/mol. The maximum atomic E-state index is 12.4. The van der Waals surface area contributed by atoms with Crippen LogP contribution in [0, 0.1) is 0 Å². The summed E-state index contributed by atoms with van der Waals surface area (Å²) in [5, 5.41) is 9.71. The summed E-state index contributed by atoms with van der Waals surface area (Å²) in [5.41, 5.74) is 0. The van der Waals surface area contributed by atoms with Crippen LogP contribution in [0.4, 0.5) is 0 Å². The highest BCUT2D eigenvalue weighted by molar-refractivity contribution is 5.70. The fourth-order valence-electron chi connectivity index (χ4n) is 10.0. The van der Waals surface area contributed by atoms with E-state index in [1.54, 1.807) is 0 Å². The Labute approximate surface area is 568 Å². The van der Waals surface area contributed by atoms with E-state index < -0.39 is 6.10 Å². The Balaban J connectivity index is 3.58. The fraction of sp³-hybridized carbons (Fsp3) is 0.586. The highest BCUT2D eigenvalue weighted by Gasteiger charge is 2.16. The van der Waals surface area contributed by atoms with E-state index >= 15 is 0 Å². The van der Waals surface area contributed by atoms with Crippen LogP contribution in [0.1, 0.15) is 309 Å². The van der Waals surface area contributed by atoms with Crippen molar-refractivity contribution < 1.29 is 24.2 Å². The van der Waals surface area contributed by atoms with Gasteiger partial charge in [0.25, 0.3) is 0 Å². The number of hydrogen-bond acceptors (Lipinski definition) is 5. The lowest BCUT2D eigenvalue weighted by Gasteiger charge is -2.15. The third-order valence-electron chi connectivity index (χ3n) is 15.6. The van der Waals surface area contributed by atoms with Gasteiger partial charge in [0.15, 0.2) is 6.10 Å². The minimum Gasteiger partial charge on any atom is -0.462 e. The molecule has 0 saturated heterocycles. The van der Waals surface area contributed by atoms with Crippen LogP contribution < -0.4 is 0 Å². The maximum absolute atomic E-state index is 12.4. The first kappa shape index (κ1) is 86.5. The lowest BCUT2D eigenvalue weighted by Crippen LogP contribution is -2.28. The standard InChI is InChI=1S/C87H138O5/c1-3-5-7-9-11-13-15-17-19-21-23-25-27-29-31-33-35-37-39-41-43-45-47-49-51-53-55-57-59-61-63-65-67-69-71-73-75-77-79-81-86(89)91-84-85(83-88)92-87(90)82-80-78-76-74-72-70-68-66-64-62-60-58-56-54-52-50-48-46-44-42-40-38-36-34-32-30-28-26-24-22-20-18-16-14-12-10-8-6-4-2/h5-8,11-14,17-20,23-26,29-32,36,38,42,44,48,50,54,56,60,62,66,68,72,74,85,88H,3-4,9-10,15-16,21-22,27-28,33-35,37,39-41,43,45-47,49,51-53,55,57-59,61,63-65,67,69-71,73,75-84H2,1-2H3/b7-5-,8-6-,13-11-,14-12-,19-17-,20-18-,25-23-,26-24-,31-29-,32-30-,38-36-,44-42-,50-48-,56-54-,62-60-,68-66-,74-72-. The van der Waals surface area contributed by atoms with Crippen molar-refractivity contribution in [3.8, 4) is 0 Å². The van der Waals surface area contributed by atoms with E-state index in [9.17, 15) is 14.7 Å². The van der Waals surface area contributed by atoms with Crippen LogP contribution in [0.15, 0.2) is 207 Å². The highest BCUT2D eigenvalue weighted by atomic mass is 16.6. The predicted molar refractivity (Wildman–Crippen MR) is 407 cm³/mol. The van der Waals surface area contributed by atoms with Crippen LogP contribution in [-0.4, -0.2) is 36.4 Å². The zero-order valence-corrected chi connectivity index (χ0v) is 59.2. The van der Waals surface area contributed by atoms with Gasteiger partial charge in [0, 0.05) is 12.8 Å². The van der Waals surface area contributed by atoms with Crippen molar-refractivity contribution in [1.82, 2.24) is 0 Å². The molecule has 0 aliphatic carbocycles. The molecule has 0 heterocycles. The minimum atomic E-state index is -0.810. The summed E-state index contributed by atoms with van der Waals surface area (Å²) in [5.74, 6) is -0.645. The molecule has 0 rings (SSSR count). The molecule has 0 amide bonds. The van der Waals surface area contributed by atoms with Gasteiger partial charge in [-0.1, -0.05) is 355 Å². The largest absolute Gasteiger partial charge is 0.462 e. The molecule has 0 spiro atoms. The number of allylic oxidation sites excluding steroid dienone is 34. The van der Waals surface area contributed by atoms with E-state index in [-0.39, 0.29) is 31.6 Å². The zero-order valence-electron chi connectivity index (χ0n) is 59.2. The quantitative estimate of drug-likeness (QED) is 0.0373. The average Bonchev–Trinajstić information content (AvgIpc) is 3.75. The van der Waals surface area contributed by atoms with Crippen LogP contribution in [0.25, 0.3) is 0 Å². The average molecular weight is 1260 g/mol. The molecule has 0 radical (unpaired) electrons. The van der Waals surface area contributed by atoms with Gasteiger partial charge in [-0.3, -0.25) is 9.59 Å². The third-order valence-corrected chi connectivity index (χ3v) is 15.6. The van der Waals surface area contributed by atoms with Crippen molar-refractivity contribution in [2.24, 2.45) is 0 Å². The Hall–Kier alpha value is -5.52. The van der Waals surface area contributed by atoms with Gasteiger partial charge in [-0.15, -0.1) is 0 Å². The molecule has 0 aromatic rings. The van der Waals surface area contributed by atoms with Crippen LogP contribution in [0.3, 0.4) is 0 Å². The summed E-state index contributed by atoms with van der Waals surface area (Å²) in [4.78, 5) is 24.7. The molecule has 0 aromatic carbocycles. The van der Waals surface area contributed by atoms with Crippen molar-refractivity contribution >= 4 is 11.9 Å². The summed E-state index contributed by atoms with van der Waals surface area (Å²) in [6.45, 7) is 3.89. The Morgan fingerprint density at radius 3 is 0.674 bits per heavy atom. The molecule has 0 bridgehead atoms. The summed E-state index contributed by atoms with van der Waals surface area (Å²) < 4.78 is 10.7. The number of esters is 2. The van der Waals surface area contributed by atoms with Crippen molar-refractivity contribution in [2.75, 3.05) is 13.2 Å². The van der Waals surface area contributed by atoms with Gasteiger partial charge in [0.1, 0.15) is 6.61 Å². The van der Waals surface area contributed by atoms with Crippen LogP contribution in [0.2, 0.25) is 0 Å². The molecule has 92 heavy (non-hydrogen) atoms. The topological polar surface area (TPSA) is 72.8 Å².